The van der Waals surface area contributed by atoms with E-state index in [2.05, 4.69) is 40.6 Å². The van der Waals surface area contributed by atoms with E-state index in [1.165, 1.54) is 43.7 Å². The highest BCUT2D eigenvalue weighted by Gasteiger charge is 2.45. The molecule has 0 aliphatic carbocycles. The predicted octanol–water partition coefficient (Wildman–Crippen LogP) is 1.12. The number of ether oxygens (including phenoxy) is 2. The van der Waals surface area contributed by atoms with Gasteiger partial charge in [-0.1, -0.05) is 20.8 Å². The second-order valence-corrected chi connectivity index (χ2v) is 11.4. The summed E-state index contributed by atoms with van der Waals surface area (Å²) in [6.45, 7) is 8.99. The van der Waals surface area contributed by atoms with Crippen molar-refractivity contribution in [2.45, 2.75) is 51.9 Å². The number of nitrogens with zero attached hydrogens (tertiary/aromatic N) is 4. The van der Waals surface area contributed by atoms with Crippen LogP contribution < -0.4 is 21.7 Å². The van der Waals surface area contributed by atoms with Crippen molar-refractivity contribution >= 4 is 35.9 Å². The molecule has 4 aromatic rings. The van der Waals surface area contributed by atoms with Crippen LogP contribution in [0, 0.1) is 0 Å². The average molecular weight is 653 g/mol. The van der Waals surface area contributed by atoms with Crippen LogP contribution in [0.1, 0.15) is 32.6 Å². The maximum Gasteiger partial charge on any atom is 0.472 e. The highest BCUT2D eigenvalue weighted by molar-refractivity contribution is 7.47. The Balaban J connectivity index is 0.000000591. The molecule has 45 heavy (non-hydrogen) atoms. The fraction of sp³-hybridized carbons (Fsp3) is 0.481. The lowest BCUT2D eigenvalue weighted by Gasteiger charge is -2.18. The van der Waals surface area contributed by atoms with Crippen molar-refractivity contribution in [1.82, 2.24) is 24.4 Å². The summed E-state index contributed by atoms with van der Waals surface area (Å²) < 4.78 is 39.6. The second-order valence-electron chi connectivity index (χ2n) is 9.93. The van der Waals surface area contributed by atoms with Gasteiger partial charge in [0.25, 0.3) is 5.56 Å². The minimum Gasteiger partial charge on any atom is -0.497 e. The minimum absolute atomic E-state index is 0.00239. The first kappa shape index (κ1) is 34.2. The number of rotatable bonds is 11. The molecular formula is C27H37N6O11P. The first-order valence-corrected chi connectivity index (χ1v) is 15.6. The Morgan fingerprint density at radius 1 is 1.11 bits per heavy atom. The number of aromatic nitrogens is 4. The summed E-state index contributed by atoms with van der Waals surface area (Å²) in [5, 5.41) is 21.4. The zero-order valence-corrected chi connectivity index (χ0v) is 26.0. The largest absolute Gasteiger partial charge is 0.497 e. The molecule has 0 saturated carbocycles. The summed E-state index contributed by atoms with van der Waals surface area (Å²) in [5.74, 6) is 0.249. The first-order valence-electron chi connectivity index (χ1n) is 14.1. The predicted molar refractivity (Wildman–Crippen MR) is 162 cm³/mol. The van der Waals surface area contributed by atoms with Crippen LogP contribution in [0.15, 0.2) is 44.6 Å². The van der Waals surface area contributed by atoms with E-state index in [9.17, 15) is 29.3 Å². The lowest BCUT2D eigenvalue weighted by molar-refractivity contribution is -0.0516. The van der Waals surface area contributed by atoms with Gasteiger partial charge in [0.05, 0.1) is 26.7 Å². The van der Waals surface area contributed by atoms with Gasteiger partial charge in [-0.15, -0.1) is 0 Å². The van der Waals surface area contributed by atoms with Gasteiger partial charge in [0.2, 0.25) is 5.95 Å². The average Bonchev–Trinajstić information content (AvgIpc) is 3.55. The Morgan fingerprint density at radius 2 is 1.82 bits per heavy atom. The number of imidazole rings is 1. The van der Waals surface area contributed by atoms with E-state index in [0.29, 0.717) is 11.1 Å². The molecule has 5 atom stereocenters. The van der Waals surface area contributed by atoms with Crippen LogP contribution in [0.2, 0.25) is 0 Å². The van der Waals surface area contributed by atoms with Crippen molar-refractivity contribution in [1.29, 1.82) is 0 Å². The lowest BCUT2D eigenvalue weighted by atomic mass is 10.1. The molecule has 3 aromatic heterocycles. The Kier molecular flexibility index (Phi) is 11.1. The highest BCUT2D eigenvalue weighted by atomic mass is 31.2. The van der Waals surface area contributed by atoms with Crippen molar-refractivity contribution in [3.8, 4) is 5.75 Å². The monoisotopic (exact) mass is 652 g/mol. The molecule has 1 aromatic carbocycles. The molecule has 1 fully saturated rings. The van der Waals surface area contributed by atoms with Gasteiger partial charge in [-0.25, -0.2) is 14.3 Å². The standard InChI is InChI=1S/C21H22N5O11P.C6H15N/c1-33-10-2-3-11-9(4-14(27)36-12(11)5-10)6-34-38(31,32)35-7-13-16(28)17(29)20(37-13)26-8-23-15-18(26)24-21(22)25-19(15)30;1-4-7(5-2)6-3/h2-5,8,13,16-17,20,28-29H,6-7H2,1H3,(H,31,32)(H3,22,24,25,30);4-6H2,1-3H3/t13-,16-,17-,20-;/m1./s1. The molecule has 4 heterocycles. The molecule has 0 spiro atoms. The van der Waals surface area contributed by atoms with Crippen molar-refractivity contribution in [2.24, 2.45) is 0 Å². The molecule has 5 rings (SSSR count). The van der Waals surface area contributed by atoms with Gasteiger partial charge in [-0.05, 0) is 37.3 Å². The van der Waals surface area contributed by atoms with Gasteiger partial charge < -0.3 is 39.6 Å². The molecule has 1 saturated heterocycles. The number of aliphatic hydroxyl groups is 2. The van der Waals surface area contributed by atoms with E-state index in [1.54, 1.807) is 12.1 Å². The van der Waals surface area contributed by atoms with Crippen LogP contribution in [0.5, 0.6) is 5.75 Å². The van der Waals surface area contributed by atoms with Gasteiger partial charge in [-0.2, -0.15) is 4.98 Å². The van der Waals surface area contributed by atoms with E-state index in [1.807, 2.05) is 0 Å². The molecule has 0 bridgehead atoms. The summed E-state index contributed by atoms with van der Waals surface area (Å²) in [6.07, 6.45) is -4.44. The summed E-state index contributed by atoms with van der Waals surface area (Å²) in [7, 11) is -3.27. The number of aliphatic hydroxyl groups excluding tert-OH is 2. The number of fused-ring (bicyclic) bond motifs is 2. The Morgan fingerprint density at radius 3 is 2.47 bits per heavy atom. The maximum absolute atomic E-state index is 12.5. The summed E-state index contributed by atoms with van der Waals surface area (Å²) in [5.41, 5.74) is 4.64. The van der Waals surface area contributed by atoms with Crippen LogP contribution in [0.25, 0.3) is 22.1 Å². The number of benzene rings is 1. The normalized spacial score (nSPS) is 21.2. The number of hydrogen-bond acceptors (Lipinski definition) is 14. The Hall–Kier alpha value is -3.67. The van der Waals surface area contributed by atoms with E-state index in [4.69, 9.17) is 28.7 Å². The second kappa shape index (κ2) is 14.6. The third kappa shape index (κ3) is 7.95. The smallest absolute Gasteiger partial charge is 0.472 e. The Bertz CT molecular complexity index is 1770. The molecule has 0 amide bonds. The maximum atomic E-state index is 12.5. The van der Waals surface area contributed by atoms with Gasteiger partial charge in [0.15, 0.2) is 17.4 Å². The number of nitrogens with two attached hydrogens (primary N) is 1. The molecule has 246 valence electrons. The minimum atomic E-state index is -4.72. The van der Waals surface area contributed by atoms with Gasteiger partial charge in [0, 0.05) is 17.5 Å². The number of H-pyrrole nitrogens is 1. The van der Waals surface area contributed by atoms with Crippen molar-refractivity contribution < 1.29 is 42.6 Å². The molecular weight excluding hydrogens is 615 g/mol. The molecule has 6 N–H and O–H groups in total. The van der Waals surface area contributed by atoms with E-state index >= 15 is 0 Å². The summed E-state index contributed by atoms with van der Waals surface area (Å²) in [4.78, 5) is 46.7. The van der Waals surface area contributed by atoms with Crippen LogP contribution in [0.3, 0.4) is 0 Å². The number of hydrogen-bond donors (Lipinski definition) is 5. The van der Waals surface area contributed by atoms with Crippen molar-refractivity contribution in [3.63, 3.8) is 0 Å². The van der Waals surface area contributed by atoms with E-state index < -0.39 is 56.8 Å². The van der Waals surface area contributed by atoms with Gasteiger partial charge in [-0.3, -0.25) is 23.4 Å². The SMILES string of the molecule is CCN(CC)CC.COc1ccc2c(COP(=O)(O)OC[C@H]3O[C@@H](n4cnc5c(=O)[nH]c(N)nc54)[C@H](O)[C@@H]3O)cc(=O)oc2c1. The summed E-state index contributed by atoms with van der Waals surface area (Å²) >= 11 is 0. The zero-order chi connectivity index (χ0) is 32.9. The summed E-state index contributed by atoms with van der Waals surface area (Å²) in [6, 6.07) is 5.81. The van der Waals surface area contributed by atoms with Gasteiger partial charge >= 0.3 is 13.4 Å². The third-order valence-electron chi connectivity index (χ3n) is 7.23. The molecule has 18 heteroatoms. The molecule has 17 nitrogen and oxygen atoms in total. The number of anilines is 1. The van der Waals surface area contributed by atoms with Crippen LogP contribution in [0.4, 0.5) is 5.95 Å². The quantitative estimate of drug-likeness (QED) is 0.113. The molecule has 0 radical (unpaired) electrons. The van der Waals surface area contributed by atoms with Crippen LogP contribution >= 0.6 is 7.82 Å². The fourth-order valence-corrected chi connectivity index (χ4v) is 5.42. The molecule has 1 aliphatic heterocycles. The first-order chi connectivity index (χ1) is 21.4. The number of nitrogen functional groups attached to an aromatic ring is 1. The van der Waals surface area contributed by atoms with Crippen LogP contribution in [-0.4, -0.2) is 91.2 Å². The van der Waals surface area contributed by atoms with E-state index in [0.717, 1.165) is 6.07 Å². The van der Waals surface area contributed by atoms with Crippen LogP contribution in [-0.2, 0) is 25.0 Å². The highest BCUT2D eigenvalue weighted by Crippen LogP contribution is 2.45. The number of methoxy groups -OCH3 is 1. The topological polar surface area (TPSA) is 238 Å². The van der Waals surface area contributed by atoms with E-state index in [-0.39, 0.29) is 28.3 Å². The van der Waals surface area contributed by atoms with Crippen molar-refractivity contribution in [2.75, 3.05) is 39.1 Å². The van der Waals surface area contributed by atoms with Crippen molar-refractivity contribution in [3.05, 3.63) is 56.9 Å². The molecule has 1 aliphatic rings. The molecule has 1 unspecified atom stereocenters. The lowest BCUT2D eigenvalue weighted by Crippen LogP contribution is -2.33. The number of phosphoric ester groups is 1. The third-order valence-corrected chi connectivity index (χ3v) is 8.16. The zero-order valence-electron chi connectivity index (χ0n) is 25.2. The fourth-order valence-electron chi connectivity index (χ4n) is 4.71. The number of nitrogens with one attached hydrogen (secondary N) is 1. The number of phosphoric acid groups is 1. The Labute approximate surface area is 256 Å². The van der Waals surface area contributed by atoms with Gasteiger partial charge in [0.1, 0.15) is 29.6 Å². The number of aromatic amines is 1.